The van der Waals surface area contributed by atoms with Crippen LogP contribution in [0.15, 0.2) is 27.3 Å². The number of allylic oxidation sites excluding steroid dienone is 1. The minimum atomic E-state index is -1.09. The molecule has 1 amide bonds. The highest BCUT2D eigenvalue weighted by molar-refractivity contribution is 8.06. The van der Waals surface area contributed by atoms with E-state index in [1.165, 1.54) is 0 Å². The summed E-state index contributed by atoms with van der Waals surface area (Å²) in [6.07, 6.45) is -0.681. The Morgan fingerprint density at radius 1 is 1.44 bits per heavy atom. The van der Waals surface area contributed by atoms with E-state index < -0.39 is 17.7 Å². The zero-order chi connectivity index (χ0) is 13.9. The number of nitrogens with one attached hydrogen (secondary N) is 1. The van der Waals surface area contributed by atoms with Crippen LogP contribution in [0.3, 0.4) is 0 Å². The molecule has 0 aliphatic carbocycles. The van der Waals surface area contributed by atoms with E-state index in [2.05, 4.69) is 11.0 Å². The molecule has 0 aromatic carbocycles. The Hall–Kier alpha value is -1.65. The van der Waals surface area contributed by atoms with Crippen molar-refractivity contribution in [1.82, 2.24) is 5.32 Å². The van der Waals surface area contributed by atoms with Gasteiger partial charge in [-0.3, -0.25) is 5.32 Å². The van der Waals surface area contributed by atoms with Crippen LogP contribution in [0.1, 0.15) is 27.7 Å². The van der Waals surface area contributed by atoms with Gasteiger partial charge in [0.25, 0.3) is 0 Å². The lowest BCUT2D eigenvalue weighted by molar-refractivity contribution is -0.131. The lowest BCUT2D eigenvalue weighted by Crippen LogP contribution is -2.33. The van der Waals surface area contributed by atoms with Gasteiger partial charge < -0.3 is 9.84 Å². The van der Waals surface area contributed by atoms with Crippen molar-refractivity contribution in [3.05, 3.63) is 27.3 Å². The first-order chi connectivity index (χ1) is 8.20. The van der Waals surface area contributed by atoms with Crippen molar-refractivity contribution in [2.45, 2.75) is 33.3 Å². The SMILES string of the molecule is CC1=C=CSC(C(=O)O)=C1NC(=O)OC(C)(C)C. The molecule has 0 aromatic heterocycles. The number of alkyl carbamates (subject to hydrolysis) is 1. The number of thioether (sulfide) groups is 1. The van der Waals surface area contributed by atoms with Crippen molar-refractivity contribution in [3.8, 4) is 0 Å². The molecule has 1 aliphatic rings. The largest absolute Gasteiger partial charge is 0.477 e. The summed E-state index contributed by atoms with van der Waals surface area (Å²) >= 11 is 0.996. The molecule has 0 spiro atoms. The standard InChI is InChI=1S/C12H15NO4S/c1-7-5-6-18-9(10(14)15)8(7)13-11(16)17-12(2,3)4/h6H,1-4H3,(H,13,16)(H,14,15). The van der Waals surface area contributed by atoms with Crippen LogP contribution in [-0.4, -0.2) is 22.8 Å². The monoisotopic (exact) mass is 269 g/mol. The molecule has 0 unspecified atom stereocenters. The van der Waals surface area contributed by atoms with Crippen LogP contribution >= 0.6 is 11.8 Å². The molecule has 0 radical (unpaired) electrons. The lowest BCUT2D eigenvalue weighted by atomic mass is 10.2. The number of amides is 1. The normalized spacial score (nSPS) is 15.2. The third-order valence-electron chi connectivity index (χ3n) is 1.87. The number of hydrogen-bond acceptors (Lipinski definition) is 4. The fraction of sp³-hybridized carbons (Fsp3) is 0.417. The number of carboxylic acid groups (broad SMARTS) is 1. The molecule has 0 aromatic rings. The molecule has 6 heteroatoms. The number of rotatable bonds is 2. The summed E-state index contributed by atoms with van der Waals surface area (Å²) in [5.74, 6) is -1.09. The van der Waals surface area contributed by atoms with E-state index in [-0.39, 0.29) is 10.6 Å². The van der Waals surface area contributed by atoms with Crippen LogP contribution in [0.25, 0.3) is 0 Å². The van der Waals surface area contributed by atoms with Gasteiger partial charge in [-0.05, 0) is 27.7 Å². The van der Waals surface area contributed by atoms with Crippen molar-refractivity contribution in [2.24, 2.45) is 0 Å². The smallest absolute Gasteiger partial charge is 0.412 e. The van der Waals surface area contributed by atoms with Gasteiger partial charge in [0.1, 0.15) is 10.5 Å². The Labute approximate surface area is 110 Å². The van der Waals surface area contributed by atoms with Crippen LogP contribution in [0.2, 0.25) is 0 Å². The number of aliphatic carboxylic acids is 1. The summed E-state index contributed by atoms with van der Waals surface area (Å²) in [5, 5.41) is 13.0. The van der Waals surface area contributed by atoms with E-state index >= 15 is 0 Å². The lowest BCUT2D eigenvalue weighted by Gasteiger charge is -2.21. The highest BCUT2D eigenvalue weighted by Crippen LogP contribution is 2.27. The van der Waals surface area contributed by atoms with Gasteiger partial charge in [-0.25, -0.2) is 9.59 Å². The molecule has 1 rings (SSSR count). The predicted octanol–water partition coefficient (Wildman–Crippen LogP) is 2.61. The van der Waals surface area contributed by atoms with Gasteiger partial charge in [0, 0.05) is 11.0 Å². The number of carbonyl (C=O) groups excluding carboxylic acids is 1. The van der Waals surface area contributed by atoms with E-state index in [1.54, 1.807) is 33.1 Å². The van der Waals surface area contributed by atoms with Crippen molar-refractivity contribution in [2.75, 3.05) is 0 Å². The van der Waals surface area contributed by atoms with Crippen LogP contribution in [0, 0.1) is 0 Å². The van der Waals surface area contributed by atoms with Crippen LogP contribution in [0.4, 0.5) is 4.79 Å². The molecule has 0 saturated carbocycles. The maximum absolute atomic E-state index is 11.6. The highest BCUT2D eigenvalue weighted by atomic mass is 32.2. The minimum Gasteiger partial charge on any atom is -0.477 e. The molecule has 0 fully saturated rings. The van der Waals surface area contributed by atoms with Gasteiger partial charge in [-0.1, -0.05) is 11.8 Å². The highest BCUT2D eigenvalue weighted by Gasteiger charge is 2.23. The Balaban J connectivity index is 2.92. The fourth-order valence-electron chi connectivity index (χ4n) is 1.19. The third-order valence-corrected chi connectivity index (χ3v) is 2.72. The summed E-state index contributed by atoms with van der Waals surface area (Å²) in [6.45, 7) is 6.87. The Kier molecular flexibility index (Phi) is 4.27. The summed E-state index contributed by atoms with van der Waals surface area (Å²) in [6, 6.07) is 0. The Morgan fingerprint density at radius 3 is 2.56 bits per heavy atom. The first-order valence-electron chi connectivity index (χ1n) is 5.27. The number of ether oxygens (including phenoxy) is 1. The van der Waals surface area contributed by atoms with E-state index in [9.17, 15) is 9.59 Å². The first-order valence-corrected chi connectivity index (χ1v) is 6.15. The summed E-state index contributed by atoms with van der Waals surface area (Å²) < 4.78 is 5.08. The molecule has 98 valence electrons. The van der Waals surface area contributed by atoms with Crippen molar-refractivity contribution >= 4 is 23.8 Å². The molecule has 0 saturated heterocycles. The molecule has 1 heterocycles. The summed E-state index contributed by atoms with van der Waals surface area (Å²) in [7, 11) is 0. The molecule has 2 N–H and O–H groups in total. The minimum absolute atomic E-state index is 0.0529. The average molecular weight is 269 g/mol. The molecule has 5 nitrogen and oxygen atoms in total. The molecular formula is C12H15NO4S. The zero-order valence-electron chi connectivity index (χ0n) is 10.7. The molecular weight excluding hydrogens is 254 g/mol. The van der Waals surface area contributed by atoms with E-state index in [1.807, 2.05) is 0 Å². The van der Waals surface area contributed by atoms with E-state index in [0.717, 1.165) is 11.8 Å². The third kappa shape index (κ3) is 3.98. The number of hydrogen-bond donors (Lipinski definition) is 2. The van der Waals surface area contributed by atoms with Gasteiger partial charge >= 0.3 is 12.1 Å². The molecule has 18 heavy (non-hydrogen) atoms. The number of carboxylic acids is 1. The van der Waals surface area contributed by atoms with Crippen molar-refractivity contribution < 1.29 is 19.4 Å². The topological polar surface area (TPSA) is 75.6 Å². The fourth-order valence-corrected chi connectivity index (χ4v) is 1.97. The van der Waals surface area contributed by atoms with Gasteiger partial charge in [0.05, 0.1) is 5.70 Å². The average Bonchev–Trinajstić information content (AvgIpc) is 2.17. The number of carbonyl (C=O) groups is 2. The second-order valence-electron chi connectivity index (χ2n) is 4.64. The summed E-state index contributed by atoms with van der Waals surface area (Å²) in [4.78, 5) is 22.7. The van der Waals surface area contributed by atoms with Crippen LogP contribution in [-0.2, 0) is 9.53 Å². The summed E-state index contributed by atoms with van der Waals surface area (Å²) in [5.41, 5.74) is 2.99. The molecule has 0 atom stereocenters. The van der Waals surface area contributed by atoms with Gasteiger partial charge in [-0.15, -0.1) is 5.73 Å². The van der Waals surface area contributed by atoms with Gasteiger partial charge in [0.15, 0.2) is 0 Å². The van der Waals surface area contributed by atoms with Crippen LogP contribution in [0.5, 0.6) is 0 Å². The maximum atomic E-state index is 11.6. The quantitative estimate of drug-likeness (QED) is 0.754. The van der Waals surface area contributed by atoms with Gasteiger partial charge in [-0.2, -0.15) is 0 Å². The maximum Gasteiger partial charge on any atom is 0.412 e. The Bertz CT molecular complexity index is 479. The Morgan fingerprint density at radius 2 is 2.06 bits per heavy atom. The second kappa shape index (κ2) is 5.33. The first kappa shape index (κ1) is 14.4. The predicted molar refractivity (Wildman–Crippen MR) is 68.9 cm³/mol. The molecule has 1 aliphatic heterocycles. The van der Waals surface area contributed by atoms with Crippen molar-refractivity contribution in [3.63, 3.8) is 0 Å². The van der Waals surface area contributed by atoms with Crippen molar-refractivity contribution in [1.29, 1.82) is 0 Å². The molecule has 0 bridgehead atoms. The van der Waals surface area contributed by atoms with E-state index in [4.69, 9.17) is 9.84 Å². The zero-order valence-corrected chi connectivity index (χ0v) is 11.5. The van der Waals surface area contributed by atoms with Gasteiger partial charge in [0.2, 0.25) is 0 Å². The second-order valence-corrected chi connectivity index (χ2v) is 5.52. The van der Waals surface area contributed by atoms with E-state index in [0.29, 0.717) is 5.57 Å². The van der Waals surface area contributed by atoms with Crippen LogP contribution < -0.4 is 5.32 Å².